The van der Waals surface area contributed by atoms with Crippen LogP contribution in [0.2, 0.25) is 0 Å². The van der Waals surface area contributed by atoms with Crippen molar-refractivity contribution in [1.29, 1.82) is 0 Å². The van der Waals surface area contributed by atoms with Crippen molar-refractivity contribution in [2.75, 3.05) is 0 Å². The smallest absolute Gasteiger partial charge is 0.106 e. The van der Waals surface area contributed by atoms with Crippen LogP contribution in [0.5, 0.6) is 0 Å². The fourth-order valence-corrected chi connectivity index (χ4v) is 5.84. The first-order valence-electron chi connectivity index (χ1n) is 15.2. The molecule has 6 rings (SSSR count). The third kappa shape index (κ3) is 9.09. The minimum Gasteiger partial charge on any atom is -0.312 e. The maximum absolute atomic E-state index is 3.65. The zero-order valence-corrected chi connectivity index (χ0v) is 32.4. The number of benzene rings is 4. The van der Waals surface area contributed by atoms with E-state index in [4.69, 9.17) is 0 Å². The van der Waals surface area contributed by atoms with Crippen LogP contribution < -0.4 is 0 Å². The standard InChI is InChI=1S/C30H26N.4C2H6.CH4.2Re/c1-21-9-7-13-25-19-31(20-26-14-8-10-22(2)30(26)29(21)25)17-23-11-3-5-15-27(23)28-16-6-4-12-24(28)18-31;4*1-2;;;/h3-12,15-16H,17-20H2,1-2H3;4*1-2H3;1H4;;/q-1;;;;;;;. The second-order valence-electron chi connectivity index (χ2n) is 9.32. The predicted molar refractivity (Wildman–Crippen MR) is 178 cm³/mol. The summed E-state index contributed by atoms with van der Waals surface area (Å²) >= 11 is 0. The average molecular weight is 909 g/mol. The fraction of sp³-hybridized carbons (Fsp3) is 0.385. The zero-order valence-electron chi connectivity index (χ0n) is 27.0. The predicted octanol–water partition coefficient (Wildman–Crippen LogP) is 11.5. The molecule has 2 heterocycles. The summed E-state index contributed by atoms with van der Waals surface area (Å²) in [6.07, 6.45) is 0. The summed E-state index contributed by atoms with van der Waals surface area (Å²) < 4.78 is 0.980. The average Bonchev–Trinajstić information content (AvgIpc) is 3.22. The van der Waals surface area contributed by atoms with Gasteiger partial charge < -0.3 is 4.48 Å². The molecule has 0 unspecified atom stereocenters. The van der Waals surface area contributed by atoms with E-state index < -0.39 is 0 Å². The van der Waals surface area contributed by atoms with Crippen molar-refractivity contribution >= 4 is 0 Å². The number of fused-ring (bicyclic) bond motifs is 6. The Hall–Kier alpha value is -1.84. The van der Waals surface area contributed by atoms with Crippen LogP contribution in [0, 0.1) is 26.0 Å². The molecule has 0 saturated heterocycles. The molecule has 0 amide bonds. The van der Waals surface area contributed by atoms with Gasteiger partial charge in [0.1, 0.15) is 13.1 Å². The van der Waals surface area contributed by atoms with Crippen molar-refractivity contribution in [3.63, 3.8) is 0 Å². The van der Waals surface area contributed by atoms with Gasteiger partial charge in [0.2, 0.25) is 0 Å². The first-order chi connectivity index (χ1) is 19.1. The molecule has 2 aliphatic rings. The third-order valence-corrected chi connectivity index (χ3v) is 7.15. The Morgan fingerprint density at radius 3 is 1.19 bits per heavy atom. The molecule has 42 heavy (non-hydrogen) atoms. The van der Waals surface area contributed by atoms with Crippen LogP contribution in [-0.4, -0.2) is 4.48 Å². The molecule has 230 valence electrons. The molecule has 1 spiro atoms. The van der Waals surface area contributed by atoms with E-state index in [1.165, 1.54) is 55.6 Å². The summed E-state index contributed by atoms with van der Waals surface area (Å²) in [5, 5.41) is 0. The Balaban J connectivity index is 0. The van der Waals surface area contributed by atoms with Crippen molar-refractivity contribution in [1.82, 2.24) is 0 Å². The molecule has 2 aliphatic heterocycles. The van der Waals surface area contributed by atoms with Gasteiger partial charge in [-0.1, -0.05) is 125 Å². The summed E-state index contributed by atoms with van der Waals surface area (Å²) in [4.78, 5) is 0. The van der Waals surface area contributed by atoms with E-state index >= 15 is 0 Å². The molecule has 0 fully saturated rings. The molecule has 0 aromatic heterocycles. The van der Waals surface area contributed by atoms with Crippen LogP contribution >= 0.6 is 0 Å². The summed E-state index contributed by atoms with van der Waals surface area (Å²) in [5.74, 6) is 0. The molecule has 1 nitrogen and oxygen atoms in total. The van der Waals surface area contributed by atoms with Gasteiger partial charge in [0.25, 0.3) is 0 Å². The molecule has 0 saturated carbocycles. The minimum atomic E-state index is 0. The second kappa shape index (κ2) is 21.0. The number of quaternary nitrogens is 1. The van der Waals surface area contributed by atoms with Crippen LogP contribution in [0.15, 0.2) is 72.8 Å². The van der Waals surface area contributed by atoms with Crippen molar-refractivity contribution in [2.45, 2.75) is 103 Å². The Morgan fingerprint density at radius 2 is 0.833 bits per heavy atom. The van der Waals surface area contributed by atoms with Crippen molar-refractivity contribution < 1.29 is 45.3 Å². The van der Waals surface area contributed by atoms with E-state index in [1.54, 1.807) is 0 Å². The number of nitrogens with zero attached hydrogens (tertiary/aromatic N) is 1. The molecule has 3 heteroatoms. The number of aryl methyl sites for hydroxylation is 2. The molecule has 0 atom stereocenters. The molecule has 2 radical (unpaired) electrons. The Morgan fingerprint density at radius 1 is 0.500 bits per heavy atom. The van der Waals surface area contributed by atoms with E-state index in [0.717, 1.165) is 30.7 Å². The Bertz CT molecular complexity index is 1220. The summed E-state index contributed by atoms with van der Waals surface area (Å²) in [6.45, 7) is 24.5. The normalized spacial score (nSPS) is 12.2. The topological polar surface area (TPSA) is 0 Å². The SMILES string of the molecule is C.CC.CC.CC.CC.Cc1cc[c-]c2c1-c1c([c-]ccc1C)C[N+]1(C2)Cc2ccccc2-c2ccccc2C1.[Re].[Re]. The van der Waals surface area contributed by atoms with Gasteiger partial charge >= 0.3 is 0 Å². The van der Waals surface area contributed by atoms with Gasteiger partial charge in [-0.15, -0.1) is 11.1 Å². The molecule has 0 bridgehead atoms. The van der Waals surface area contributed by atoms with Crippen LogP contribution in [0.4, 0.5) is 0 Å². The van der Waals surface area contributed by atoms with Crippen molar-refractivity contribution in [2.24, 2.45) is 0 Å². The number of hydrogen-bond acceptors (Lipinski definition) is 0. The summed E-state index contributed by atoms with van der Waals surface area (Å²) in [7, 11) is 0. The number of hydrogen-bond donors (Lipinski definition) is 0. The first kappa shape index (κ1) is 42.3. The maximum Gasteiger partial charge on any atom is 0.106 e. The fourth-order valence-electron chi connectivity index (χ4n) is 5.84. The van der Waals surface area contributed by atoms with Gasteiger partial charge in [0, 0.05) is 52.0 Å². The molecule has 4 aromatic rings. The molecule has 0 N–H and O–H groups in total. The van der Waals surface area contributed by atoms with Crippen molar-refractivity contribution in [3.8, 4) is 22.3 Å². The third-order valence-electron chi connectivity index (χ3n) is 7.15. The van der Waals surface area contributed by atoms with E-state index in [-0.39, 0.29) is 48.3 Å². The van der Waals surface area contributed by atoms with E-state index in [2.05, 4.69) is 98.8 Å². The van der Waals surface area contributed by atoms with Crippen LogP contribution in [0.3, 0.4) is 0 Å². The minimum absolute atomic E-state index is 0. The zero-order chi connectivity index (χ0) is 29.0. The summed E-state index contributed by atoms with van der Waals surface area (Å²) in [6, 6.07) is 33.9. The van der Waals surface area contributed by atoms with Crippen LogP contribution in [0.25, 0.3) is 22.3 Å². The van der Waals surface area contributed by atoms with Crippen LogP contribution in [0.1, 0.15) is 96.2 Å². The Labute approximate surface area is 287 Å². The quantitative estimate of drug-likeness (QED) is 0.122. The van der Waals surface area contributed by atoms with Gasteiger partial charge in [-0.2, -0.15) is 58.7 Å². The first-order valence-corrected chi connectivity index (χ1v) is 15.2. The second-order valence-corrected chi connectivity index (χ2v) is 9.32. The van der Waals surface area contributed by atoms with Gasteiger partial charge in [0.15, 0.2) is 0 Å². The van der Waals surface area contributed by atoms with E-state index in [1.807, 2.05) is 55.4 Å². The van der Waals surface area contributed by atoms with Gasteiger partial charge in [-0.3, -0.25) is 0 Å². The number of rotatable bonds is 0. The molecular formula is C39H54NRe2-. The summed E-state index contributed by atoms with van der Waals surface area (Å²) in [5.41, 5.74) is 13.8. The van der Waals surface area contributed by atoms with Gasteiger partial charge in [-0.05, 0) is 11.1 Å². The van der Waals surface area contributed by atoms with Gasteiger partial charge in [-0.25, -0.2) is 0 Å². The molecule has 0 aliphatic carbocycles. The van der Waals surface area contributed by atoms with E-state index in [0.29, 0.717) is 0 Å². The molecule has 4 aromatic carbocycles. The monoisotopic (exact) mass is 910 g/mol. The van der Waals surface area contributed by atoms with Crippen LogP contribution in [-0.2, 0) is 67.0 Å². The van der Waals surface area contributed by atoms with Gasteiger partial charge in [0.05, 0.1) is 13.1 Å². The van der Waals surface area contributed by atoms with E-state index in [9.17, 15) is 0 Å². The maximum atomic E-state index is 3.65. The Kier molecular flexibility index (Phi) is 21.1. The molecular weight excluding hydrogens is 855 g/mol. The largest absolute Gasteiger partial charge is 0.312 e. The van der Waals surface area contributed by atoms with Crippen molar-refractivity contribution in [3.05, 3.63) is 118 Å².